The predicted octanol–water partition coefficient (Wildman–Crippen LogP) is 0.741. The molecule has 0 heterocycles. The summed E-state index contributed by atoms with van der Waals surface area (Å²) in [7, 11) is 0. The normalized spacial score (nSPS) is 31.9. The van der Waals surface area contributed by atoms with E-state index in [1.54, 1.807) is 6.92 Å². The molecule has 5 heteroatoms. The average Bonchev–Trinajstić information content (AvgIpc) is 2.26. The van der Waals surface area contributed by atoms with Crippen LogP contribution in [0.3, 0.4) is 0 Å². The number of hydrogen-bond donors (Lipinski definition) is 4. The number of carboxylic acids is 1. The fourth-order valence-corrected chi connectivity index (χ4v) is 2.54. The third-order valence-electron chi connectivity index (χ3n) is 3.74. The van der Waals surface area contributed by atoms with Gasteiger partial charge < -0.3 is 20.6 Å². The Morgan fingerprint density at radius 1 is 1.39 bits per heavy atom. The van der Waals surface area contributed by atoms with Crippen molar-refractivity contribution in [3.63, 3.8) is 0 Å². The number of aliphatic carboxylic acids is 1. The second kappa shape index (κ2) is 6.50. The molecule has 18 heavy (non-hydrogen) atoms. The maximum Gasteiger partial charge on any atom is 0.306 e. The molecule has 106 valence electrons. The highest BCUT2D eigenvalue weighted by atomic mass is 16.4. The van der Waals surface area contributed by atoms with E-state index in [1.165, 1.54) is 0 Å². The van der Waals surface area contributed by atoms with Crippen LogP contribution < -0.4 is 5.32 Å². The van der Waals surface area contributed by atoms with Crippen molar-refractivity contribution in [1.29, 1.82) is 0 Å². The van der Waals surface area contributed by atoms with Gasteiger partial charge in [0, 0.05) is 12.6 Å². The molecule has 1 aliphatic carbocycles. The van der Waals surface area contributed by atoms with Crippen LogP contribution in [0.15, 0.2) is 0 Å². The van der Waals surface area contributed by atoms with Crippen molar-refractivity contribution in [3.8, 4) is 0 Å². The van der Waals surface area contributed by atoms with Gasteiger partial charge >= 0.3 is 5.97 Å². The van der Waals surface area contributed by atoms with Crippen LogP contribution in [0.2, 0.25) is 0 Å². The molecule has 0 bridgehead atoms. The van der Waals surface area contributed by atoms with E-state index in [1.807, 2.05) is 6.92 Å². The lowest BCUT2D eigenvalue weighted by atomic mass is 9.78. The lowest BCUT2D eigenvalue weighted by Gasteiger charge is -2.35. The SMILES string of the molecule is CC(O)CC(C)NCC1(O)CCC(C(=O)O)CC1. The van der Waals surface area contributed by atoms with E-state index in [0.717, 1.165) is 0 Å². The Kier molecular flexibility index (Phi) is 5.56. The van der Waals surface area contributed by atoms with Crippen LogP contribution in [0.25, 0.3) is 0 Å². The van der Waals surface area contributed by atoms with Gasteiger partial charge in [0.05, 0.1) is 17.6 Å². The molecule has 0 aromatic rings. The van der Waals surface area contributed by atoms with E-state index < -0.39 is 11.6 Å². The Hall–Kier alpha value is -0.650. The minimum atomic E-state index is -0.793. The van der Waals surface area contributed by atoms with Gasteiger partial charge in [-0.1, -0.05) is 0 Å². The first kappa shape index (κ1) is 15.4. The van der Waals surface area contributed by atoms with E-state index in [9.17, 15) is 15.0 Å². The van der Waals surface area contributed by atoms with Gasteiger partial charge in [0.15, 0.2) is 0 Å². The van der Waals surface area contributed by atoms with Gasteiger partial charge in [0.2, 0.25) is 0 Å². The van der Waals surface area contributed by atoms with Crippen molar-refractivity contribution in [2.75, 3.05) is 6.54 Å². The first-order valence-electron chi connectivity index (χ1n) is 6.69. The molecule has 1 rings (SSSR count). The zero-order valence-corrected chi connectivity index (χ0v) is 11.2. The quantitative estimate of drug-likeness (QED) is 0.565. The van der Waals surface area contributed by atoms with E-state index in [2.05, 4.69) is 5.32 Å². The second-order valence-corrected chi connectivity index (χ2v) is 5.70. The largest absolute Gasteiger partial charge is 0.481 e. The maximum atomic E-state index is 10.8. The number of aliphatic hydroxyl groups is 2. The average molecular weight is 259 g/mol. The highest BCUT2D eigenvalue weighted by Gasteiger charge is 2.35. The summed E-state index contributed by atoms with van der Waals surface area (Å²) < 4.78 is 0. The third-order valence-corrected chi connectivity index (χ3v) is 3.74. The van der Waals surface area contributed by atoms with Gasteiger partial charge in [0.25, 0.3) is 0 Å². The number of carboxylic acid groups (broad SMARTS) is 1. The molecule has 1 saturated carbocycles. The lowest BCUT2D eigenvalue weighted by molar-refractivity contribution is -0.144. The van der Waals surface area contributed by atoms with Crippen molar-refractivity contribution in [2.45, 2.75) is 63.7 Å². The standard InChI is InChI=1S/C13H25NO4/c1-9(7-10(2)15)14-8-13(18)5-3-11(4-6-13)12(16)17/h9-11,14-15,18H,3-8H2,1-2H3,(H,16,17). The molecular formula is C13H25NO4. The maximum absolute atomic E-state index is 10.8. The van der Waals surface area contributed by atoms with Gasteiger partial charge in [-0.3, -0.25) is 4.79 Å². The first-order valence-corrected chi connectivity index (χ1v) is 6.69. The number of hydrogen-bond acceptors (Lipinski definition) is 4. The fourth-order valence-electron chi connectivity index (χ4n) is 2.54. The van der Waals surface area contributed by atoms with Crippen molar-refractivity contribution in [1.82, 2.24) is 5.32 Å². The van der Waals surface area contributed by atoms with Crippen molar-refractivity contribution in [3.05, 3.63) is 0 Å². The molecule has 2 unspecified atom stereocenters. The predicted molar refractivity (Wildman–Crippen MR) is 68.3 cm³/mol. The van der Waals surface area contributed by atoms with Crippen LogP contribution >= 0.6 is 0 Å². The molecule has 0 aliphatic heterocycles. The zero-order chi connectivity index (χ0) is 13.8. The Morgan fingerprint density at radius 3 is 2.39 bits per heavy atom. The van der Waals surface area contributed by atoms with Crippen LogP contribution in [0, 0.1) is 5.92 Å². The summed E-state index contributed by atoms with van der Waals surface area (Å²) >= 11 is 0. The van der Waals surface area contributed by atoms with E-state index in [-0.39, 0.29) is 18.1 Å². The molecule has 2 atom stereocenters. The number of aliphatic hydroxyl groups excluding tert-OH is 1. The van der Waals surface area contributed by atoms with Crippen LogP contribution in [0.5, 0.6) is 0 Å². The van der Waals surface area contributed by atoms with Gasteiger partial charge in [-0.2, -0.15) is 0 Å². The van der Waals surface area contributed by atoms with Crippen molar-refractivity contribution >= 4 is 5.97 Å². The van der Waals surface area contributed by atoms with Crippen LogP contribution in [0.1, 0.15) is 46.0 Å². The topological polar surface area (TPSA) is 89.8 Å². The first-order chi connectivity index (χ1) is 8.32. The lowest BCUT2D eigenvalue weighted by Crippen LogP contribution is -2.47. The highest BCUT2D eigenvalue weighted by molar-refractivity contribution is 5.70. The molecule has 5 nitrogen and oxygen atoms in total. The van der Waals surface area contributed by atoms with Gasteiger partial charge in [-0.15, -0.1) is 0 Å². The number of carbonyl (C=O) groups is 1. The van der Waals surface area contributed by atoms with Crippen molar-refractivity contribution in [2.24, 2.45) is 5.92 Å². The summed E-state index contributed by atoms with van der Waals surface area (Å²) in [6.07, 6.45) is 2.42. The van der Waals surface area contributed by atoms with E-state index in [0.29, 0.717) is 38.6 Å². The fraction of sp³-hybridized carbons (Fsp3) is 0.923. The van der Waals surface area contributed by atoms with Crippen LogP contribution in [0.4, 0.5) is 0 Å². The van der Waals surface area contributed by atoms with Gasteiger partial charge in [-0.05, 0) is 46.0 Å². The Morgan fingerprint density at radius 2 is 1.94 bits per heavy atom. The van der Waals surface area contributed by atoms with Gasteiger partial charge in [0.1, 0.15) is 0 Å². The Bertz CT molecular complexity index is 272. The molecule has 0 saturated heterocycles. The summed E-state index contributed by atoms with van der Waals surface area (Å²) in [6.45, 7) is 4.18. The monoisotopic (exact) mass is 259 g/mol. The minimum absolute atomic E-state index is 0.145. The minimum Gasteiger partial charge on any atom is -0.481 e. The van der Waals surface area contributed by atoms with Crippen LogP contribution in [-0.4, -0.2) is 45.6 Å². The summed E-state index contributed by atoms with van der Waals surface area (Å²) in [4.78, 5) is 10.8. The Labute approximate surface area is 108 Å². The molecule has 0 amide bonds. The van der Waals surface area contributed by atoms with Crippen molar-refractivity contribution < 1.29 is 20.1 Å². The molecule has 0 aromatic heterocycles. The molecular weight excluding hydrogens is 234 g/mol. The zero-order valence-electron chi connectivity index (χ0n) is 11.2. The smallest absolute Gasteiger partial charge is 0.306 e. The van der Waals surface area contributed by atoms with E-state index >= 15 is 0 Å². The highest BCUT2D eigenvalue weighted by Crippen LogP contribution is 2.31. The second-order valence-electron chi connectivity index (χ2n) is 5.70. The molecule has 0 aromatic carbocycles. The summed E-state index contributed by atoms with van der Waals surface area (Å²) in [5.74, 6) is -1.06. The van der Waals surface area contributed by atoms with Gasteiger partial charge in [-0.25, -0.2) is 0 Å². The summed E-state index contributed by atoms with van der Waals surface area (Å²) in [6, 6.07) is 0.145. The number of rotatable bonds is 6. The molecule has 0 radical (unpaired) electrons. The molecule has 1 fully saturated rings. The third kappa shape index (κ3) is 4.92. The molecule has 0 spiro atoms. The summed E-state index contributed by atoms with van der Waals surface area (Å²) in [5.41, 5.74) is -0.793. The molecule has 4 N–H and O–H groups in total. The number of nitrogens with one attached hydrogen (secondary N) is 1. The van der Waals surface area contributed by atoms with E-state index in [4.69, 9.17) is 5.11 Å². The van der Waals surface area contributed by atoms with Crippen LogP contribution in [-0.2, 0) is 4.79 Å². The summed E-state index contributed by atoms with van der Waals surface area (Å²) in [5, 5.41) is 31.7. The molecule has 1 aliphatic rings. The Balaban J connectivity index is 2.32.